The minimum absolute atomic E-state index is 0.559. The predicted molar refractivity (Wildman–Crippen MR) is 79.2 cm³/mol. The second kappa shape index (κ2) is 5.79. The Morgan fingerprint density at radius 3 is 2.53 bits per heavy atom. The van der Waals surface area contributed by atoms with Gasteiger partial charge in [0.15, 0.2) is 11.5 Å². The van der Waals surface area contributed by atoms with Crippen LogP contribution >= 0.6 is 15.9 Å². The van der Waals surface area contributed by atoms with Crippen molar-refractivity contribution in [2.24, 2.45) is 0 Å². The highest BCUT2D eigenvalue weighted by molar-refractivity contribution is 9.10. The molecular formula is C13H14BrN3O2. The van der Waals surface area contributed by atoms with Gasteiger partial charge in [-0.3, -0.25) is 4.98 Å². The monoisotopic (exact) mass is 323 g/mol. The first-order valence-electron chi connectivity index (χ1n) is 5.53. The average Bonchev–Trinajstić information content (AvgIpc) is 2.42. The quantitative estimate of drug-likeness (QED) is 0.904. The molecule has 0 aliphatic heterocycles. The molecule has 1 aromatic carbocycles. The van der Waals surface area contributed by atoms with Crippen LogP contribution in [0, 0.1) is 0 Å². The second-order valence-corrected chi connectivity index (χ2v) is 4.63. The van der Waals surface area contributed by atoms with Crippen LogP contribution in [0.2, 0.25) is 0 Å². The summed E-state index contributed by atoms with van der Waals surface area (Å²) in [6.45, 7) is 0. The van der Waals surface area contributed by atoms with Gasteiger partial charge in [0.05, 0.1) is 36.3 Å². The lowest BCUT2D eigenvalue weighted by Gasteiger charge is -2.13. The molecule has 0 unspecified atom stereocenters. The van der Waals surface area contributed by atoms with E-state index in [-0.39, 0.29) is 0 Å². The zero-order valence-corrected chi connectivity index (χ0v) is 12.2. The van der Waals surface area contributed by atoms with E-state index < -0.39 is 0 Å². The highest BCUT2D eigenvalue weighted by atomic mass is 79.9. The number of ether oxygens (including phenoxy) is 2. The number of anilines is 3. The van der Waals surface area contributed by atoms with Gasteiger partial charge in [-0.15, -0.1) is 0 Å². The molecule has 0 amide bonds. The van der Waals surface area contributed by atoms with Crippen LogP contribution in [0.3, 0.4) is 0 Å². The van der Waals surface area contributed by atoms with Crippen molar-refractivity contribution in [2.75, 3.05) is 25.3 Å². The fourth-order valence-electron chi connectivity index (χ4n) is 1.64. The summed E-state index contributed by atoms with van der Waals surface area (Å²) in [6, 6.07) is 5.55. The number of nitrogens with two attached hydrogens (primary N) is 1. The Morgan fingerprint density at radius 2 is 1.89 bits per heavy atom. The van der Waals surface area contributed by atoms with E-state index in [9.17, 15) is 0 Å². The average molecular weight is 324 g/mol. The molecule has 2 rings (SSSR count). The zero-order valence-electron chi connectivity index (χ0n) is 10.6. The summed E-state index contributed by atoms with van der Waals surface area (Å²) < 4.78 is 11.2. The molecule has 100 valence electrons. The second-order valence-electron chi connectivity index (χ2n) is 3.78. The van der Waals surface area contributed by atoms with Crippen molar-refractivity contribution in [3.8, 4) is 11.5 Å². The number of nitrogens with zero attached hydrogens (tertiary/aromatic N) is 1. The summed E-state index contributed by atoms with van der Waals surface area (Å²) in [7, 11) is 3.20. The van der Waals surface area contributed by atoms with E-state index >= 15 is 0 Å². The van der Waals surface area contributed by atoms with Crippen LogP contribution < -0.4 is 20.5 Å². The standard InChI is InChI=1S/C13H14BrN3O2/c1-18-11-4-3-8(5-12(11)19-2)17-13-9(14)6-16-7-10(13)15/h3-7H,15H2,1-2H3,(H,16,17). The molecule has 6 heteroatoms. The van der Waals surface area contributed by atoms with E-state index in [1.807, 2.05) is 18.2 Å². The fraction of sp³-hybridized carbons (Fsp3) is 0.154. The van der Waals surface area contributed by atoms with Crippen molar-refractivity contribution >= 4 is 33.0 Å². The van der Waals surface area contributed by atoms with E-state index in [1.165, 1.54) is 0 Å². The van der Waals surface area contributed by atoms with E-state index in [1.54, 1.807) is 26.6 Å². The van der Waals surface area contributed by atoms with Crippen LogP contribution in [0.1, 0.15) is 0 Å². The summed E-state index contributed by atoms with van der Waals surface area (Å²) in [5, 5.41) is 3.22. The number of methoxy groups -OCH3 is 2. The van der Waals surface area contributed by atoms with Crippen molar-refractivity contribution in [2.45, 2.75) is 0 Å². The molecule has 0 aliphatic rings. The Kier molecular flexibility index (Phi) is 4.11. The molecule has 0 aliphatic carbocycles. The summed E-state index contributed by atoms with van der Waals surface area (Å²) in [4.78, 5) is 3.99. The minimum Gasteiger partial charge on any atom is -0.493 e. The number of hydrogen-bond donors (Lipinski definition) is 2. The van der Waals surface area contributed by atoms with Gasteiger partial charge >= 0.3 is 0 Å². The van der Waals surface area contributed by atoms with Crippen molar-refractivity contribution in [3.63, 3.8) is 0 Å². The van der Waals surface area contributed by atoms with Gasteiger partial charge in [-0.1, -0.05) is 0 Å². The van der Waals surface area contributed by atoms with Crippen LogP contribution in [-0.4, -0.2) is 19.2 Å². The molecule has 0 radical (unpaired) electrons. The normalized spacial score (nSPS) is 10.1. The van der Waals surface area contributed by atoms with Crippen molar-refractivity contribution in [1.29, 1.82) is 0 Å². The number of hydrogen-bond acceptors (Lipinski definition) is 5. The highest BCUT2D eigenvalue weighted by Gasteiger charge is 2.08. The molecule has 1 heterocycles. The lowest BCUT2D eigenvalue weighted by Crippen LogP contribution is -1.99. The summed E-state index contributed by atoms with van der Waals surface area (Å²) in [5.74, 6) is 1.33. The number of pyridine rings is 1. The number of nitrogen functional groups attached to an aromatic ring is 1. The predicted octanol–water partition coefficient (Wildman–Crippen LogP) is 3.19. The maximum Gasteiger partial charge on any atom is 0.162 e. The number of halogens is 1. The van der Waals surface area contributed by atoms with Crippen molar-refractivity contribution < 1.29 is 9.47 Å². The largest absolute Gasteiger partial charge is 0.493 e. The smallest absolute Gasteiger partial charge is 0.162 e. The fourth-order valence-corrected chi connectivity index (χ4v) is 2.09. The van der Waals surface area contributed by atoms with Crippen molar-refractivity contribution in [1.82, 2.24) is 4.98 Å². The molecule has 19 heavy (non-hydrogen) atoms. The third-order valence-corrected chi connectivity index (χ3v) is 3.18. The molecule has 0 fully saturated rings. The van der Waals surface area contributed by atoms with Crippen LogP contribution in [0.25, 0.3) is 0 Å². The van der Waals surface area contributed by atoms with Crippen LogP contribution in [0.5, 0.6) is 11.5 Å². The summed E-state index contributed by atoms with van der Waals surface area (Å²) in [6.07, 6.45) is 3.27. The molecule has 0 saturated heterocycles. The molecule has 2 aromatic rings. The van der Waals surface area contributed by atoms with Gasteiger partial charge in [-0.05, 0) is 28.1 Å². The Hall–Kier alpha value is -1.95. The van der Waals surface area contributed by atoms with Gasteiger partial charge < -0.3 is 20.5 Å². The Labute approximate surface area is 119 Å². The van der Waals surface area contributed by atoms with Gasteiger partial charge in [0.25, 0.3) is 0 Å². The molecular weight excluding hydrogens is 310 g/mol. The Morgan fingerprint density at radius 1 is 1.16 bits per heavy atom. The third kappa shape index (κ3) is 2.90. The van der Waals surface area contributed by atoms with Crippen molar-refractivity contribution in [3.05, 3.63) is 35.1 Å². The summed E-state index contributed by atoms with van der Waals surface area (Å²) in [5.41, 5.74) is 8.05. The van der Waals surface area contributed by atoms with Crippen LogP contribution in [-0.2, 0) is 0 Å². The molecule has 0 spiro atoms. The molecule has 0 atom stereocenters. The third-order valence-electron chi connectivity index (χ3n) is 2.58. The topological polar surface area (TPSA) is 69.4 Å². The Balaban J connectivity index is 2.33. The number of aromatic nitrogens is 1. The molecule has 5 nitrogen and oxygen atoms in total. The van der Waals surface area contributed by atoms with Gasteiger partial charge in [-0.2, -0.15) is 0 Å². The van der Waals surface area contributed by atoms with Gasteiger partial charge in [0.1, 0.15) is 0 Å². The van der Waals surface area contributed by atoms with E-state index in [0.29, 0.717) is 17.2 Å². The number of nitrogens with one attached hydrogen (secondary N) is 1. The van der Waals surface area contributed by atoms with Gasteiger partial charge in [0.2, 0.25) is 0 Å². The maximum atomic E-state index is 5.88. The lowest BCUT2D eigenvalue weighted by atomic mass is 10.2. The highest BCUT2D eigenvalue weighted by Crippen LogP contribution is 2.34. The molecule has 3 N–H and O–H groups in total. The lowest BCUT2D eigenvalue weighted by molar-refractivity contribution is 0.355. The summed E-state index contributed by atoms with van der Waals surface area (Å²) >= 11 is 3.41. The SMILES string of the molecule is COc1ccc(Nc2c(N)cncc2Br)cc1OC. The van der Waals surface area contributed by atoms with Crippen LogP contribution in [0.4, 0.5) is 17.1 Å². The zero-order chi connectivity index (χ0) is 13.8. The maximum absolute atomic E-state index is 5.88. The first-order valence-corrected chi connectivity index (χ1v) is 6.33. The molecule has 1 aromatic heterocycles. The van der Waals surface area contributed by atoms with Gasteiger partial charge in [-0.25, -0.2) is 0 Å². The molecule has 0 bridgehead atoms. The van der Waals surface area contributed by atoms with E-state index in [4.69, 9.17) is 15.2 Å². The van der Waals surface area contributed by atoms with E-state index in [0.717, 1.165) is 15.8 Å². The number of rotatable bonds is 4. The molecule has 0 saturated carbocycles. The van der Waals surface area contributed by atoms with Gasteiger partial charge in [0, 0.05) is 18.0 Å². The van der Waals surface area contributed by atoms with Crippen LogP contribution in [0.15, 0.2) is 35.1 Å². The minimum atomic E-state index is 0.559. The number of benzene rings is 1. The van der Waals surface area contributed by atoms with E-state index in [2.05, 4.69) is 26.2 Å². The first kappa shape index (κ1) is 13.5. The Bertz CT molecular complexity index is 570. The first-order chi connectivity index (χ1) is 9.15.